The van der Waals surface area contributed by atoms with Crippen molar-refractivity contribution in [2.45, 2.75) is 32.2 Å². The van der Waals surface area contributed by atoms with Crippen LogP contribution in [-0.4, -0.2) is 31.1 Å². The van der Waals surface area contributed by atoms with Crippen LogP contribution in [-0.2, 0) is 6.42 Å². The highest BCUT2D eigenvalue weighted by Gasteiger charge is 2.08. The van der Waals surface area contributed by atoms with Crippen LogP contribution in [0, 0.1) is 24.7 Å². The normalized spacial score (nSPS) is 11.7. The summed E-state index contributed by atoms with van der Waals surface area (Å²) < 4.78 is 5.62. The average molecular weight is 269 g/mol. The van der Waals surface area contributed by atoms with Crippen molar-refractivity contribution in [2.75, 3.05) is 20.2 Å². The summed E-state index contributed by atoms with van der Waals surface area (Å²) in [4.78, 5) is 2.17. The van der Waals surface area contributed by atoms with Crippen LogP contribution in [0.1, 0.15) is 25.3 Å². The first kappa shape index (κ1) is 16.2. The first-order valence-electron chi connectivity index (χ1n) is 6.96. The molecule has 1 rings (SSSR count). The topological polar surface area (TPSA) is 12.5 Å². The monoisotopic (exact) mass is 269 g/mol. The van der Waals surface area contributed by atoms with Crippen molar-refractivity contribution in [3.8, 4) is 30.4 Å². The number of rotatable bonds is 8. The van der Waals surface area contributed by atoms with Crippen LogP contribution in [0.5, 0.6) is 5.75 Å². The molecule has 106 valence electrons. The minimum Gasteiger partial charge on any atom is -0.494 e. The van der Waals surface area contributed by atoms with Crippen LogP contribution < -0.4 is 4.74 Å². The highest BCUT2D eigenvalue weighted by atomic mass is 16.5. The molecule has 0 amide bonds. The van der Waals surface area contributed by atoms with Crippen molar-refractivity contribution in [3.63, 3.8) is 0 Å². The van der Waals surface area contributed by atoms with Crippen molar-refractivity contribution >= 4 is 0 Å². The van der Waals surface area contributed by atoms with E-state index < -0.39 is 0 Å². The smallest absolute Gasteiger partial charge is 0.119 e. The van der Waals surface area contributed by atoms with Crippen LogP contribution in [0.4, 0.5) is 0 Å². The summed E-state index contributed by atoms with van der Waals surface area (Å²) in [6.45, 7) is 3.53. The third-order valence-corrected chi connectivity index (χ3v) is 3.28. The maximum absolute atomic E-state index is 5.62. The summed E-state index contributed by atoms with van der Waals surface area (Å²) >= 11 is 0. The zero-order valence-electron chi connectivity index (χ0n) is 12.4. The first-order chi connectivity index (χ1) is 9.67. The minimum atomic E-state index is 0.424. The van der Waals surface area contributed by atoms with Crippen molar-refractivity contribution in [3.05, 3.63) is 29.8 Å². The predicted molar refractivity (Wildman–Crippen MR) is 84.6 cm³/mol. The Hall–Kier alpha value is -1.90. The van der Waals surface area contributed by atoms with Crippen LogP contribution in [0.2, 0.25) is 0 Å². The molecule has 1 aromatic carbocycles. The Morgan fingerprint density at radius 2 is 1.90 bits per heavy atom. The van der Waals surface area contributed by atoms with E-state index in [4.69, 9.17) is 17.6 Å². The summed E-state index contributed by atoms with van der Waals surface area (Å²) in [7, 11) is 2.05. The molecule has 1 unspecified atom stereocenters. The summed E-state index contributed by atoms with van der Waals surface area (Å²) in [5.74, 6) is 6.17. The average Bonchev–Trinajstić information content (AvgIpc) is 2.45. The van der Waals surface area contributed by atoms with E-state index in [1.807, 2.05) is 19.2 Å². The maximum Gasteiger partial charge on any atom is 0.119 e. The van der Waals surface area contributed by atoms with E-state index in [-0.39, 0.29) is 0 Å². The molecule has 0 fully saturated rings. The summed E-state index contributed by atoms with van der Waals surface area (Å²) in [6, 6.07) is 8.67. The van der Waals surface area contributed by atoms with Gasteiger partial charge in [0.15, 0.2) is 0 Å². The van der Waals surface area contributed by atoms with E-state index in [0.717, 1.165) is 25.0 Å². The number of terminal acetylenes is 2. The van der Waals surface area contributed by atoms with Crippen molar-refractivity contribution in [1.29, 1.82) is 0 Å². The molecule has 0 N–H and O–H groups in total. The fourth-order valence-corrected chi connectivity index (χ4v) is 1.88. The Morgan fingerprint density at radius 3 is 2.50 bits per heavy atom. The van der Waals surface area contributed by atoms with E-state index in [9.17, 15) is 0 Å². The minimum absolute atomic E-state index is 0.424. The molecule has 1 aromatic rings. The van der Waals surface area contributed by atoms with Gasteiger partial charge < -0.3 is 4.74 Å². The molecule has 0 aliphatic carbocycles. The third kappa shape index (κ3) is 5.83. The van der Waals surface area contributed by atoms with E-state index in [1.54, 1.807) is 0 Å². The highest BCUT2D eigenvalue weighted by Crippen LogP contribution is 2.15. The summed E-state index contributed by atoms with van der Waals surface area (Å²) in [6.07, 6.45) is 13.2. The number of unbranched alkanes of at least 4 members (excludes halogenated alkanes) is 1. The second-order valence-corrected chi connectivity index (χ2v) is 4.97. The SMILES string of the molecule is C#CCCCOc1ccc(CC(C)N(C)CC#C)cc1. The van der Waals surface area contributed by atoms with Gasteiger partial charge in [0.2, 0.25) is 0 Å². The molecular weight excluding hydrogens is 246 g/mol. The van der Waals surface area contributed by atoms with Gasteiger partial charge in [0.05, 0.1) is 13.2 Å². The van der Waals surface area contributed by atoms with Gasteiger partial charge in [-0.25, -0.2) is 0 Å². The van der Waals surface area contributed by atoms with Gasteiger partial charge in [0, 0.05) is 12.5 Å². The molecule has 2 nitrogen and oxygen atoms in total. The lowest BCUT2D eigenvalue weighted by molar-refractivity contribution is 0.287. The van der Waals surface area contributed by atoms with Crippen LogP contribution in [0.25, 0.3) is 0 Å². The molecule has 0 aromatic heterocycles. The fraction of sp³-hybridized carbons (Fsp3) is 0.444. The Morgan fingerprint density at radius 1 is 1.20 bits per heavy atom. The molecule has 1 atom stereocenters. The van der Waals surface area contributed by atoms with Gasteiger partial charge in [0.1, 0.15) is 5.75 Å². The van der Waals surface area contributed by atoms with Gasteiger partial charge in [-0.15, -0.1) is 18.8 Å². The second kappa shape index (κ2) is 9.08. The van der Waals surface area contributed by atoms with Crippen LogP contribution in [0.3, 0.4) is 0 Å². The van der Waals surface area contributed by atoms with Gasteiger partial charge in [-0.2, -0.15) is 0 Å². The van der Waals surface area contributed by atoms with E-state index in [1.165, 1.54) is 5.56 Å². The lowest BCUT2D eigenvalue weighted by atomic mass is 10.1. The summed E-state index contributed by atoms with van der Waals surface area (Å²) in [5, 5.41) is 0. The van der Waals surface area contributed by atoms with E-state index >= 15 is 0 Å². The number of benzene rings is 1. The lowest BCUT2D eigenvalue weighted by Crippen LogP contribution is -2.31. The Balaban J connectivity index is 2.42. The zero-order valence-corrected chi connectivity index (χ0v) is 12.4. The van der Waals surface area contributed by atoms with Crippen LogP contribution in [0.15, 0.2) is 24.3 Å². The largest absolute Gasteiger partial charge is 0.494 e. The third-order valence-electron chi connectivity index (χ3n) is 3.28. The molecule has 0 saturated carbocycles. The predicted octanol–water partition coefficient (Wildman–Crippen LogP) is 2.97. The molecule has 0 bridgehead atoms. The molecule has 0 saturated heterocycles. The van der Waals surface area contributed by atoms with Gasteiger partial charge >= 0.3 is 0 Å². The Bertz CT molecular complexity index is 464. The zero-order chi connectivity index (χ0) is 14.8. The standard InChI is InChI=1S/C18H23NO/c1-5-7-8-14-20-18-11-9-17(10-12-18)15-16(3)19(4)13-6-2/h1-2,9-12,16H,7-8,13-15H2,3-4H3. The van der Waals surface area contributed by atoms with Gasteiger partial charge in [-0.1, -0.05) is 18.1 Å². The molecular formula is C18H23NO. The maximum atomic E-state index is 5.62. The van der Waals surface area contributed by atoms with Gasteiger partial charge in [-0.3, -0.25) is 4.90 Å². The molecule has 0 aliphatic rings. The number of nitrogens with zero attached hydrogens (tertiary/aromatic N) is 1. The van der Waals surface area contributed by atoms with E-state index in [2.05, 4.69) is 35.8 Å². The lowest BCUT2D eigenvalue weighted by Gasteiger charge is -2.22. The van der Waals surface area contributed by atoms with Gasteiger partial charge in [0.25, 0.3) is 0 Å². The second-order valence-electron chi connectivity index (χ2n) is 4.97. The number of ether oxygens (including phenoxy) is 1. The van der Waals surface area contributed by atoms with Crippen molar-refractivity contribution in [1.82, 2.24) is 4.90 Å². The Labute approximate surface area is 123 Å². The van der Waals surface area contributed by atoms with Crippen molar-refractivity contribution < 1.29 is 4.74 Å². The molecule has 0 spiro atoms. The van der Waals surface area contributed by atoms with Crippen LogP contribution >= 0.6 is 0 Å². The quantitative estimate of drug-likeness (QED) is 0.531. The highest BCUT2D eigenvalue weighted by molar-refractivity contribution is 5.27. The molecule has 0 aliphatic heterocycles. The summed E-state index contributed by atoms with van der Waals surface area (Å²) in [5.41, 5.74) is 1.29. The molecule has 0 radical (unpaired) electrons. The number of hydrogen-bond donors (Lipinski definition) is 0. The van der Waals surface area contributed by atoms with E-state index in [0.29, 0.717) is 19.2 Å². The number of likely N-dealkylation sites (N-methyl/N-ethyl adjacent to an activating group) is 1. The van der Waals surface area contributed by atoms with Gasteiger partial charge in [-0.05, 0) is 44.5 Å². The molecule has 2 heteroatoms. The molecule has 0 heterocycles. The van der Waals surface area contributed by atoms with Crippen molar-refractivity contribution in [2.24, 2.45) is 0 Å². The molecule has 20 heavy (non-hydrogen) atoms. The number of hydrogen-bond acceptors (Lipinski definition) is 2. The first-order valence-corrected chi connectivity index (χ1v) is 6.96. The Kier molecular flexibility index (Phi) is 7.33. The fourth-order valence-electron chi connectivity index (χ4n) is 1.88.